The van der Waals surface area contributed by atoms with Gasteiger partial charge in [-0.3, -0.25) is 0 Å². The van der Waals surface area contributed by atoms with Crippen molar-refractivity contribution in [2.45, 2.75) is 38.5 Å². The maximum atomic E-state index is 2.30. The van der Waals surface area contributed by atoms with Crippen LogP contribution in [0.5, 0.6) is 0 Å². The fourth-order valence-corrected chi connectivity index (χ4v) is 3.16. The fourth-order valence-electron chi connectivity index (χ4n) is 3.16. The topological polar surface area (TPSA) is 0 Å². The second kappa shape index (κ2) is 6.06. The summed E-state index contributed by atoms with van der Waals surface area (Å²) >= 11 is 0. The van der Waals surface area contributed by atoms with E-state index in [1.54, 1.807) is 0 Å². The summed E-state index contributed by atoms with van der Waals surface area (Å²) < 4.78 is 0. The molecule has 0 N–H and O–H groups in total. The summed E-state index contributed by atoms with van der Waals surface area (Å²) in [6.07, 6.45) is 8.46. The third-order valence-corrected chi connectivity index (χ3v) is 4.38. The molecule has 0 atom stereocenters. The summed E-state index contributed by atoms with van der Waals surface area (Å²) in [5.74, 6) is 0.994. The summed E-state index contributed by atoms with van der Waals surface area (Å²) in [6.45, 7) is 0. The molecule has 1 aliphatic carbocycles. The van der Waals surface area contributed by atoms with Gasteiger partial charge in [0, 0.05) is 0 Å². The van der Waals surface area contributed by atoms with Crippen LogP contribution in [0.2, 0.25) is 0 Å². The highest BCUT2D eigenvalue weighted by molar-refractivity contribution is 5.63. The van der Waals surface area contributed by atoms with Gasteiger partial charge >= 0.3 is 0 Å². The van der Waals surface area contributed by atoms with Gasteiger partial charge in [0.15, 0.2) is 0 Å². The highest BCUT2D eigenvalue weighted by atomic mass is 14.2. The second-order valence-electron chi connectivity index (χ2n) is 5.75. The molecule has 0 radical (unpaired) electrons. The summed E-state index contributed by atoms with van der Waals surface area (Å²) in [5.41, 5.74) is 4.13. The van der Waals surface area contributed by atoms with Crippen molar-refractivity contribution < 1.29 is 0 Å². The van der Waals surface area contributed by atoms with Crippen LogP contribution in [0, 0.1) is 5.92 Å². The van der Waals surface area contributed by atoms with Crippen LogP contribution in [0.15, 0.2) is 54.6 Å². The van der Waals surface area contributed by atoms with Crippen molar-refractivity contribution in [3.8, 4) is 11.1 Å². The fraction of sp³-hybridized carbons (Fsp3) is 0.368. The quantitative estimate of drug-likeness (QED) is 0.674. The maximum Gasteiger partial charge on any atom is -0.0184 e. The Morgan fingerprint density at radius 3 is 2.05 bits per heavy atom. The number of hydrogen-bond acceptors (Lipinski definition) is 0. The number of hydrogen-bond donors (Lipinski definition) is 0. The second-order valence-corrected chi connectivity index (χ2v) is 5.75. The van der Waals surface area contributed by atoms with Crippen molar-refractivity contribution in [1.29, 1.82) is 0 Å². The lowest BCUT2D eigenvalue weighted by molar-refractivity contribution is 0.504. The van der Waals surface area contributed by atoms with E-state index in [9.17, 15) is 0 Å². The van der Waals surface area contributed by atoms with Gasteiger partial charge in [0.1, 0.15) is 0 Å². The lowest BCUT2D eigenvalue weighted by atomic mass is 9.97. The van der Waals surface area contributed by atoms with Crippen LogP contribution in [-0.2, 0) is 6.42 Å². The van der Waals surface area contributed by atoms with E-state index < -0.39 is 0 Å². The Bertz CT molecular complexity index is 489. The zero-order valence-corrected chi connectivity index (χ0v) is 11.5. The summed E-state index contributed by atoms with van der Waals surface area (Å²) in [6, 6.07) is 19.8. The molecule has 0 aromatic heterocycles. The van der Waals surface area contributed by atoms with Gasteiger partial charge in [0.05, 0.1) is 0 Å². The highest BCUT2D eigenvalue weighted by Crippen LogP contribution is 2.29. The molecule has 2 aromatic rings. The van der Waals surface area contributed by atoms with Crippen LogP contribution >= 0.6 is 0 Å². The van der Waals surface area contributed by atoms with Crippen molar-refractivity contribution in [2.75, 3.05) is 0 Å². The van der Waals surface area contributed by atoms with Crippen LogP contribution in [-0.4, -0.2) is 0 Å². The first-order valence-electron chi connectivity index (χ1n) is 7.56. The Labute approximate surface area is 116 Å². The monoisotopic (exact) mass is 250 g/mol. The van der Waals surface area contributed by atoms with Crippen molar-refractivity contribution in [2.24, 2.45) is 5.92 Å². The van der Waals surface area contributed by atoms with Crippen LogP contribution in [0.1, 0.15) is 37.7 Å². The molecular weight excluding hydrogens is 228 g/mol. The lowest BCUT2D eigenvalue weighted by Crippen LogP contribution is -1.96. The van der Waals surface area contributed by atoms with E-state index in [0.29, 0.717) is 0 Å². The molecule has 0 heteroatoms. The Hall–Kier alpha value is -1.56. The van der Waals surface area contributed by atoms with Gasteiger partial charge in [-0.05, 0) is 35.4 Å². The zero-order valence-electron chi connectivity index (χ0n) is 11.5. The van der Waals surface area contributed by atoms with E-state index in [4.69, 9.17) is 0 Å². The molecule has 0 heterocycles. The third kappa shape index (κ3) is 3.26. The number of rotatable bonds is 4. The van der Waals surface area contributed by atoms with Crippen molar-refractivity contribution in [3.05, 3.63) is 60.2 Å². The molecule has 0 amide bonds. The van der Waals surface area contributed by atoms with E-state index in [1.807, 2.05) is 0 Å². The van der Waals surface area contributed by atoms with Crippen LogP contribution in [0.4, 0.5) is 0 Å². The normalized spacial score (nSPS) is 15.8. The van der Waals surface area contributed by atoms with E-state index in [0.717, 1.165) is 5.92 Å². The maximum absolute atomic E-state index is 2.30. The molecule has 0 nitrogen and oxygen atoms in total. The summed E-state index contributed by atoms with van der Waals surface area (Å²) in [7, 11) is 0. The molecule has 1 aliphatic rings. The molecule has 1 saturated carbocycles. The minimum absolute atomic E-state index is 0.994. The predicted molar refractivity (Wildman–Crippen MR) is 82.2 cm³/mol. The van der Waals surface area contributed by atoms with Crippen molar-refractivity contribution in [3.63, 3.8) is 0 Å². The lowest BCUT2D eigenvalue weighted by Gasteiger charge is -2.09. The number of aryl methyl sites for hydroxylation is 1. The minimum Gasteiger partial charge on any atom is -0.0622 e. The van der Waals surface area contributed by atoms with Gasteiger partial charge in [0.2, 0.25) is 0 Å². The van der Waals surface area contributed by atoms with Gasteiger partial charge in [0.25, 0.3) is 0 Å². The van der Waals surface area contributed by atoms with E-state index in [-0.39, 0.29) is 0 Å². The van der Waals surface area contributed by atoms with Gasteiger partial charge in [-0.2, -0.15) is 0 Å². The summed E-state index contributed by atoms with van der Waals surface area (Å²) in [5, 5.41) is 0. The molecule has 3 rings (SSSR count). The smallest absolute Gasteiger partial charge is 0.0184 e. The first kappa shape index (κ1) is 12.5. The van der Waals surface area contributed by atoms with Gasteiger partial charge in [-0.25, -0.2) is 0 Å². The standard InChI is InChI=1S/C19H22/c1-2-8-18(9-3-1)19-14-12-17(13-15-19)11-10-16-6-4-5-7-16/h1-3,8-9,12-16H,4-7,10-11H2. The largest absolute Gasteiger partial charge is 0.0622 e. The van der Waals surface area contributed by atoms with E-state index in [2.05, 4.69) is 54.6 Å². The van der Waals surface area contributed by atoms with Crippen molar-refractivity contribution >= 4 is 0 Å². The molecule has 0 aliphatic heterocycles. The molecular formula is C19H22. The van der Waals surface area contributed by atoms with Gasteiger partial charge < -0.3 is 0 Å². The first-order valence-corrected chi connectivity index (χ1v) is 7.56. The Morgan fingerprint density at radius 2 is 1.37 bits per heavy atom. The Balaban J connectivity index is 1.62. The van der Waals surface area contributed by atoms with Crippen LogP contribution < -0.4 is 0 Å². The molecule has 0 bridgehead atoms. The minimum atomic E-state index is 0.994. The van der Waals surface area contributed by atoms with Crippen LogP contribution in [0.25, 0.3) is 11.1 Å². The molecule has 1 fully saturated rings. The van der Waals surface area contributed by atoms with Gasteiger partial charge in [-0.15, -0.1) is 0 Å². The summed E-state index contributed by atoms with van der Waals surface area (Å²) in [4.78, 5) is 0. The number of benzene rings is 2. The molecule has 19 heavy (non-hydrogen) atoms. The average molecular weight is 250 g/mol. The predicted octanol–water partition coefficient (Wildman–Crippen LogP) is 5.48. The molecule has 0 spiro atoms. The Morgan fingerprint density at radius 1 is 0.737 bits per heavy atom. The average Bonchev–Trinajstić information content (AvgIpc) is 3.00. The van der Waals surface area contributed by atoms with E-state index in [1.165, 1.54) is 55.2 Å². The van der Waals surface area contributed by atoms with Crippen molar-refractivity contribution in [1.82, 2.24) is 0 Å². The molecule has 98 valence electrons. The van der Waals surface area contributed by atoms with Gasteiger partial charge in [-0.1, -0.05) is 80.3 Å². The molecule has 2 aromatic carbocycles. The Kier molecular flexibility index (Phi) is 3.98. The third-order valence-electron chi connectivity index (χ3n) is 4.38. The molecule has 0 unspecified atom stereocenters. The first-order chi connectivity index (χ1) is 9.42. The molecule has 0 saturated heterocycles. The van der Waals surface area contributed by atoms with Crippen LogP contribution in [0.3, 0.4) is 0 Å². The van der Waals surface area contributed by atoms with E-state index >= 15 is 0 Å². The SMILES string of the molecule is c1ccc(-c2ccc(CCC3CCCC3)cc2)cc1. The highest BCUT2D eigenvalue weighted by Gasteiger charge is 2.14. The zero-order chi connectivity index (χ0) is 12.9.